The van der Waals surface area contributed by atoms with Crippen molar-refractivity contribution < 1.29 is 24.5 Å². The van der Waals surface area contributed by atoms with Crippen molar-refractivity contribution in [3.05, 3.63) is 42.0 Å². The third-order valence-corrected chi connectivity index (χ3v) is 4.19. The topological polar surface area (TPSA) is 76.0 Å². The van der Waals surface area contributed by atoms with Crippen molar-refractivity contribution in [2.75, 3.05) is 13.7 Å². The molecule has 3 aromatic carbocycles. The second kappa shape index (κ2) is 6.89. The highest BCUT2D eigenvalue weighted by Gasteiger charge is 2.16. The maximum absolute atomic E-state index is 12.1. The summed E-state index contributed by atoms with van der Waals surface area (Å²) in [6.07, 6.45) is 2.01. The van der Waals surface area contributed by atoms with Crippen molar-refractivity contribution in [3.63, 3.8) is 0 Å². The lowest BCUT2D eigenvalue weighted by molar-refractivity contribution is 0.0603. The molecule has 0 spiro atoms. The van der Waals surface area contributed by atoms with Gasteiger partial charge in [0.1, 0.15) is 5.75 Å². The first-order valence-electron chi connectivity index (χ1n) is 8.18. The van der Waals surface area contributed by atoms with E-state index in [1.165, 1.54) is 19.2 Å². The standard InChI is InChI=1S/C20H20O5/c1-3-4-7-25-13-6-5-12-8-17(20(23)24-2)16-11-19(22)18(21)10-15(16)14(12)9-13/h5-6,8-11,21-22H,3-4,7H2,1-2H3. The van der Waals surface area contributed by atoms with Crippen molar-refractivity contribution in [3.8, 4) is 17.2 Å². The predicted molar refractivity (Wildman–Crippen MR) is 96.5 cm³/mol. The van der Waals surface area contributed by atoms with Gasteiger partial charge in [-0.05, 0) is 52.9 Å². The van der Waals surface area contributed by atoms with Crippen LogP contribution in [0.5, 0.6) is 17.2 Å². The Morgan fingerprint density at radius 3 is 2.40 bits per heavy atom. The Morgan fingerprint density at radius 2 is 1.72 bits per heavy atom. The molecule has 25 heavy (non-hydrogen) atoms. The van der Waals surface area contributed by atoms with E-state index in [0.29, 0.717) is 22.9 Å². The predicted octanol–water partition coefficient (Wildman–Crippen LogP) is 4.37. The zero-order valence-corrected chi connectivity index (χ0v) is 14.2. The average Bonchev–Trinajstić information content (AvgIpc) is 2.62. The Labute approximate surface area is 145 Å². The van der Waals surface area contributed by atoms with Crippen LogP contribution in [0.1, 0.15) is 30.1 Å². The van der Waals surface area contributed by atoms with Gasteiger partial charge in [0.05, 0.1) is 19.3 Å². The first kappa shape index (κ1) is 16.9. The minimum Gasteiger partial charge on any atom is -0.504 e. The van der Waals surface area contributed by atoms with Crippen LogP contribution in [-0.2, 0) is 4.74 Å². The second-order valence-electron chi connectivity index (χ2n) is 5.89. The van der Waals surface area contributed by atoms with Crippen LogP contribution >= 0.6 is 0 Å². The molecular formula is C20H20O5. The highest BCUT2D eigenvalue weighted by atomic mass is 16.5. The first-order valence-corrected chi connectivity index (χ1v) is 8.18. The Hall–Kier alpha value is -2.95. The summed E-state index contributed by atoms with van der Waals surface area (Å²) < 4.78 is 10.6. The van der Waals surface area contributed by atoms with E-state index >= 15 is 0 Å². The second-order valence-corrected chi connectivity index (χ2v) is 5.89. The lowest BCUT2D eigenvalue weighted by Gasteiger charge is -2.12. The molecule has 5 nitrogen and oxygen atoms in total. The molecule has 0 amide bonds. The van der Waals surface area contributed by atoms with Gasteiger partial charge in [-0.25, -0.2) is 4.79 Å². The molecule has 0 aliphatic heterocycles. The smallest absolute Gasteiger partial charge is 0.338 e. The summed E-state index contributed by atoms with van der Waals surface area (Å²) in [5.41, 5.74) is 0.333. The Balaban J connectivity index is 2.25. The molecule has 0 aromatic heterocycles. The fraction of sp³-hybridized carbons (Fsp3) is 0.250. The third kappa shape index (κ3) is 3.18. The van der Waals surface area contributed by atoms with Gasteiger partial charge in [-0.2, -0.15) is 0 Å². The molecule has 5 heteroatoms. The number of rotatable bonds is 5. The molecule has 2 N–H and O–H groups in total. The summed E-state index contributed by atoms with van der Waals surface area (Å²) in [5.74, 6) is -0.304. The maximum Gasteiger partial charge on any atom is 0.338 e. The minimum absolute atomic E-state index is 0.242. The van der Waals surface area contributed by atoms with E-state index in [1.54, 1.807) is 6.07 Å². The van der Waals surface area contributed by atoms with Gasteiger partial charge in [0.25, 0.3) is 0 Å². The molecule has 0 atom stereocenters. The number of hydrogen-bond donors (Lipinski definition) is 2. The van der Waals surface area contributed by atoms with Crippen LogP contribution in [-0.4, -0.2) is 29.9 Å². The monoisotopic (exact) mass is 340 g/mol. The summed E-state index contributed by atoms with van der Waals surface area (Å²) in [6.45, 7) is 2.73. The van der Waals surface area contributed by atoms with Crippen LogP contribution in [0.2, 0.25) is 0 Å². The Kier molecular flexibility index (Phi) is 4.65. The maximum atomic E-state index is 12.1. The number of methoxy groups -OCH3 is 1. The van der Waals surface area contributed by atoms with Crippen LogP contribution in [0.4, 0.5) is 0 Å². The van der Waals surface area contributed by atoms with E-state index in [9.17, 15) is 15.0 Å². The molecule has 0 unspecified atom stereocenters. The van der Waals surface area contributed by atoms with Crippen molar-refractivity contribution in [2.24, 2.45) is 0 Å². The minimum atomic E-state index is -0.500. The fourth-order valence-electron chi connectivity index (χ4n) is 2.85. The largest absolute Gasteiger partial charge is 0.504 e. The molecule has 0 heterocycles. The normalized spacial score (nSPS) is 11.0. The molecule has 0 aliphatic rings. The number of hydrogen-bond acceptors (Lipinski definition) is 5. The summed E-state index contributed by atoms with van der Waals surface area (Å²) in [7, 11) is 1.31. The zero-order valence-electron chi connectivity index (χ0n) is 14.2. The summed E-state index contributed by atoms with van der Waals surface area (Å²) >= 11 is 0. The van der Waals surface area contributed by atoms with Crippen molar-refractivity contribution >= 4 is 27.5 Å². The molecule has 0 aliphatic carbocycles. The quantitative estimate of drug-likeness (QED) is 0.312. The molecule has 0 radical (unpaired) electrons. The van der Waals surface area contributed by atoms with Gasteiger partial charge in [0.15, 0.2) is 11.5 Å². The van der Waals surface area contributed by atoms with Gasteiger partial charge in [-0.15, -0.1) is 0 Å². The van der Waals surface area contributed by atoms with E-state index in [2.05, 4.69) is 6.92 Å². The van der Waals surface area contributed by atoms with Crippen LogP contribution in [0.3, 0.4) is 0 Å². The number of benzene rings is 3. The van der Waals surface area contributed by atoms with Gasteiger partial charge < -0.3 is 19.7 Å². The first-order chi connectivity index (χ1) is 12.0. The van der Waals surface area contributed by atoms with Gasteiger partial charge in [0.2, 0.25) is 0 Å². The molecule has 0 fully saturated rings. The molecule has 3 rings (SSSR count). The molecular weight excluding hydrogens is 320 g/mol. The summed E-state index contributed by atoms with van der Waals surface area (Å²) in [6, 6.07) is 10.1. The molecule has 130 valence electrons. The van der Waals surface area contributed by atoms with Crippen LogP contribution < -0.4 is 4.74 Å². The van der Waals surface area contributed by atoms with Gasteiger partial charge >= 0.3 is 5.97 Å². The van der Waals surface area contributed by atoms with E-state index in [4.69, 9.17) is 9.47 Å². The number of phenolic OH excluding ortho intramolecular Hbond substituents is 2. The number of unbranched alkanes of at least 4 members (excludes halogenated alkanes) is 1. The van der Waals surface area contributed by atoms with Gasteiger partial charge in [-0.1, -0.05) is 19.4 Å². The van der Waals surface area contributed by atoms with Gasteiger partial charge in [0, 0.05) is 5.39 Å². The number of esters is 1. The number of ether oxygens (including phenoxy) is 2. The van der Waals surface area contributed by atoms with Crippen LogP contribution in [0.25, 0.3) is 21.5 Å². The molecule has 0 saturated carbocycles. The molecule has 3 aromatic rings. The van der Waals surface area contributed by atoms with Crippen molar-refractivity contribution in [2.45, 2.75) is 19.8 Å². The Morgan fingerprint density at radius 1 is 1.00 bits per heavy atom. The lowest BCUT2D eigenvalue weighted by Crippen LogP contribution is -2.02. The van der Waals surface area contributed by atoms with Gasteiger partial charge in [-0.3, -0.25) is 0 Å². The zero-order chi connectivity index (χ0) is 18.0. The van der Waals surface area contributed by atoms with E-state index < -0.39 is 5.97 Å². The summed E-state index contributed by atoms with van der Waals surface area (Å²) in [4.78, 5) is 12.1. The highest BCUT2D eigenvalue weighted by molar-refractivity contribution is 6.17. The van der Waals surface area contributed by atoms with Crippen LogP contribution in [0.15, 0.2) is 36.4 Å². The van der Waals surface area contributed by atoms with Crippen molar-refractivity contribution in [1.82, 2.24) is 0 Å². The summed E-state index contributed by atoms with van der Waals surface area (Å²) in [5, 5.41) is 22.6. The van der Waals surface area contributed by atoms with E-state index in [1.807, 2.05) is 18.2 Å². The molecule has 0 saturated heterocycles. The van der Waals surface area contributed by atoms with E-state index in [0.717, 1.165) is 29.4 Å². The number of fused-ring (bicyclic) bond motifs is 3. The van der Waals surface area contributed by atoms with Crippen molar-refractivity contribution in [1.29, 1.82) is 0 Å². The lowest BCUT2D eigenvalue weighted by atomic mass is 9.96. The molecule has 0 bridgehead atoms. The third-order valence-electron chi connectivity index (χ3n) is 4.19. The highest BCUT2D eigenvalue weighted by Crippen LogP contribution is 2.37. The SMILES string of the molecule is CCCCOc1ccc2cc(C(=O)OC)c3cc(O)c(O)cc3c2c1. The average molecular weight is 340 g/mol. The Bertz CT molecular complexity index is 946. The number of carbonyl (C=O) groups is 1. The van der Waals surface area contributed by atoms with E-state index in [-0.39, 0.29) is 11.5 Å². The number of carbonyl (C=O) groups excluding carboxylic acids is 1. The van der Waals surface area contributed by atoms with Crippen LogP contribution in [0, 0.1) is 0 Å². The fourth-order valence-corrected chi connectivity index (χ4v) is 2.85. The number of phenols is 2. The number of aromatic hydroxyl groups is 2.